The van der Waals surface area contributed by atoms with E-state index in [4.69, 9.17) is 5.11 Å². The Bertz CT molecular complexity index is 712. The van der Waals surface area contributed by atoms with E-state index in [0.29, 0.717) is 17.7 Å². The number of fused-ring (bicyclic) bond motifs is 1. The van der Waals surface area contributed by atoms with E-state index < -0.39 is 0 Å². The van der Waals surface area contributed by atoms with Crippen LogP contribution in [-0.2, 0) is 6.42 Å². The number of rotatable bonds is 4. The van der Waals surface area contributed by atoms with Crippen LogP contribution in [0.1, 0.15) is 74.7 Å². The van der Waals surface area contributed by atoms with E-state index in [0.717, 1.165) is 18.0 Å². The number of halogens is 1. The lowest BCUT2D eigenvalue weighted by atomic mass is 10.0. The summed E-state index contributed by atoms with van der Waals surface area (Å²) in [5, 5.41) is 7.00. The highest BCUT2D eigenvalue weighted by Gasteiger charge is 2.35. The average Bonchev–Trinajstić information content (AvgIpc) is 3.04. The van der Waals surface area contributed by atoms with Gasteiger partial charge in [0.25, 0.3) is 11.8 Å². The van der Waals surface area contributed by atoms with Crippen LogP contribution >= 0.6 is 15.9 Å². The molecule has 2 aromatic carbocycles. The van der Waals surface area contributed by atoms with Crippen molar-refractivity contribution >= 4 is 27.7 Å². The summed E-state index contributed by atoms with van der Waals surface area (Å²) in [6.45, 7) is 14.5. The van der Waals surface area contributed by atoms with Crippen LogP contribution in [-0.4, -0.2) is 35.5 Å². The number of aliphatic hydroxyl groups is 1. The lowest BCUT2D eigenvalue weighted by Crippen LogP contribution is -2.34. The predicted molar refractivity (Wildman–Crippen MR) is 131 cm³/mol. The number of carbonyl (C=O) groups excluding carboxylic acids is 2. The number of benzene rings is 2. The van der Waals surface area contributed by atoms with E-state index in [1.165, 1.54) is 10.5 Å². The number of hydrogen-bond donors (Lipinski definition) is 1. The van der Waals surface area contributed by atoms with Crippen LogP contribution in [0, 0.1) is 5.92 Å². The van der Waals surface area contributed by atoms with Gasteiger partial charge in [-0.15, -0.1) is 0 Å². The summed E-state index contributed by atoms with van der Waals surface area (Å²) in [7, 11) is 1.00. The zero-order valence-electron chi connectivity index (χ0n) is 19.7. The topological polar surface area (TPSA) is 57.6 Å². The van der Waals surface area contributed by atoms with Gasteiger partial charge in [-0.1, -0.05) is 88.7 Å². The lowest BCUT2D eigenvalue weighted by Gasteiger charge is -2.19. The first-order valence-corrected chi connectivity index (χ1v) is 11.5. The quantitative estimate of drug-likeness (QED) is 0.501. The summed E-state index contributed by atoms with van der Waals surface area (Å²) in [6, 6.07) is 15.1. The molecule has 0 radical (unpaired) electrons. The van der Waals surface area contributed by atoms with Gasteiger partial charge in [0.15, 0.2) is 0 Å². The fraction of sp³-hybridized carbons (Fsp3) is 0.440. The Hall–Kier alpha value is -1.98. The zero-order valence-corrected chi connectivity index (χ0v) is 21.3. The van der Waals surface area contributed by atoms with Crippen molar-refractivity contribution in [2.24, 2.45) is 5.92 Å². The Kier molecular flexibility index (Phi) is 18.0. The molecule has 30 heavy (non-hydrogen) atoms. The first-order chi connectivity index (χ1) is 14.6. The maximum atomic E-state index is 12.3. The van der Waals surface area contributed by atoms with E-state index in [1.807, 2.05) is 53.7 Å². The molecular formula is C25H38BrNO3. The standard InChI is InChI=1S/C18H16BrNO2.3C2H6.CH4O/c1-12(9-13-5-4-6-14(19)10-13)11-20-17(21)15-7-2-3-8-16(15)18(20)22;4*1-2/h2-8,10,12H,9,11H2,1H3;3*1-2H3;2H,1H3. The highest BCUT2D eigenvalue weighted by Crippen LogP contribution is 2.24. The van der Waals surface area contributed by atoms with Crippen LogP contribution in [0.25, 0.3) is 0 Å². The smallest absolute Gasteiger partial charge is 0.261 e. The highest BCUT2D eigenvalue weighted by atomic mass is 79.9. The number of imide groups is 1. The Balaban J connectivity index is 0. The van der Waals surface area contributed by atoms with Crippen LogP contribution in [0.2, 0.25) is 0 Å². The van der Waals surface area contributed by atoms with Gasteiger partial charge in [0.2, 0.25) is 0 Å². The second kappa shape index (κ2) is 17.8. The second-order valence-corrected chi connectivity index (χ2v) is 6.62. The number of aliphatic hydroxyl groups excluding tert-OH is 1. The molecule has 0 saturated heterocycles. The maximum Gasteiger partial charge on any atom is 0.261 e. The summed E-state index contributed by atoms with van der Waals surface area (Å²) in [4.78, 5) is 26.1. The molecule has 5 heteroatoms. The van der Waals surface area contributed by atoms with Crippen molar-refractivity contribution in [1.29, 1.82) is 0 Å². The lowest BCUT2D eigenvalue weighted by molar-refractivity contribution is 0.0632. The summed E-state index contributed by atoms with van der Waals surface area (Å²) < 4.78 is 1.04. The van der Waals surface area contributed by atoms with E-state index in [1.54, 1.807) is 24.3 Å². The third kappa shape index (κ3) is 8.80. The van der Waals surface area contributed by atoms with Crippen molar-refractivity contribution in [3.8, 4) is 0 Å². The van der Waals surface area contributed by atoms with Gasteiger partial charge in [-0.3, -0.25) is 14.5 Å². The average molecular weight is 480 g/mol. The van der Waals surface area contributed by atoms with Gasteiger partial charge >= 0.3 is 0 Å². The molecule has 1 aliphatic heterocycles. The SMILES string of the molecule is CC.CC.CC.CC(Cc1cccc(Br)c1)CN1C(=O)c2ccccc2C1=O.CO. The Labute approximate surface area is 191 Å². The van der Waals surface area contributed by atoms with Crippen molar-refractivity contribution in [3.05, 3.63) is 69.7 Å². The minimum absolute atomic E-state index is 0.179. The number of hydrogen-bond acceptors (Lipinski definition) is 3. The Morgan fingerprint density at radius 2 is 1.30 bits per heavy atom. The largest absolute Gasteiger partial charge is 0.400 e. The molecule has 1 heterocycles. The summed E-state index contributed by atoms with van der Waals surface area (Å²) in [5.74, 6) is -0.153. The third-order valence-electron chi connectivity index (χ3n) is 3.85. The maximum absolute atomic E-state index is 12.3. The van der Waals surface area contributed by atoms with Crippen LogP contribution in [0.4, 0.5) is 0 Å². The fourth-order valence-corrected chi connectivity index (χ4v) is 3.29. The summed E-state index contributed by atoms with van der Waals surface area (Å²) in [6.07, 6.45) is 0.826. The fourth-order valence-electron chi connectivity index (χ4n) is 2.85. The molecule has 1 N–H and O–H groups in total. The molecule has 1 unspecified atom stereocenters. The van der Waals surface area contributed by atoms with Gasteiger partial charge in [0, 0.05) is 18.1 Å². The first-order valence-electron chi connectivity index (χ1n) is 10.7. The van der Waals surface area contributed by atoms with Crippen molar-refractivity contribution in [2.75, 3.05) is 13.7 Å². The van der Waals surface area contributed by atoms with E-state index in [-0.39, 0.29) is 17.7 Å². The molecule has 1 atom stereocenters. The zero-order chi connectivity index (χ0) is 23.7. The molecule has 4 nitrogen and oxygen atoms in total. The number of nitrogens with zero attached hydrogens (tertiary/aromatic N) is 1. The van der Waals surface area contributed by atoms with Gasteiger partial charge in [-0.05, 0) is 42.2 Å². The predicted octanol–water partition coefficient (Wildman–Crippen LogP) is 6.61. The molecule has 168 valence electrons. The van der Waals surface area contributed by atoms with Crippen molar-refractivity contribution < 1.29 is 14.7 Å². The molecule has 0 aromatic heterocycles. The third-order valence-corrected chi connectivity index (χ3v) is 4.34. The molecule has 2 aromatic rings. The van der Waals surface area contributed by atoms with Gasteiger partial charge < -0.3 is 5.11 Å². The second-order valence-electron chi connectivity index (χ2n) is 5.71. The van der Waals surface area contributed by atoms with Crippen molar-refractivity contribution in [3.63, 3.8) is 0 Å². The minimum atomic E-state index is -0.179. The number of carbonyl (C=O) groups is 2. The van der Waals surface area contributed by atoms with E-state index in [9.17, 15) is 9.59 Å². The molecule has 3 rings (SSSR count). The molecule has 0 bridgehead atoms. The molecule has 0 aliphatic carbocycles. The van der Waals surface area contributed by atoms with Crippen molar-refractivity contribution in [1.82, 2.24) is 4.90 Å². The molecule has 1 aliphatic rings. The normalized spacial score (nSPS) is 11.9. The van der Waals surface area contributed by atoms with Crippen LogP contribution in [0.5, 0.6) is 0 Å². The monoisotopic (exact) mass is 479 g/mol. The van der Waals surface area contributed by atoms with Crippen molar-refractivity contribution in [2.45, 2.75) is 54.9 Å². The van der Waals surface area contributed by atoms with Crippen LogP contribution < -0.4 is 0 Å². The molecular weight excluding hydrogens is 442 g/mol. The van der Waals surface area contributed by atoms with Gasteiger partial charge in [0.1, 0.15) is 0 Å². The Morgan fingerprint density at radius 3 is 1.73 bits per heavy atom. The molecule has 2 amide bonds. The van der Waals surface area contributed by atoms with Gasteiger partial charge in [0.05, 0.1) is 11.1 Å². The summed E-state index contributed by atoms with van der Waals surface area (Å²) >= 11 is 3.46. The highest BCUT2D eigenvalue weighted by molar-refractivity contribution is 9.10. The van der Waals surface area contributed by atoms with Crippen LogP contribution in [0.15, 0.2) is 53.0 Å². The Morgan fingerprint density at radius 1 is 0.833 bits per heavy atom. The van der Waals surface area contributed by atoms with Gasteiger partial charge in [-0.2, -0.15) is 0 Å². The number of amides is 2. The summed E-state index contributed by atoms with van der Waals surface area (Å²) in [5.41, 5.74) is 2.22. The molecule has 0 fully saturated rings. The van der Waals surface area contributed by atoms with Crippen LogP contribution in [0.3, 0.4) is 0 Å². The van der Waals surface area contributed by atoms with E-state index in [2.05, 4.69) is 35.0 Å². The van der Waals surface area contributed by atoms with E-state index >= 15 is 0 Å². The molecule has 0 saturated carbocycles. The minimum Gasteiger partial charge on any atom is -0.400 e. The van der Waals surface area contributed by atoms with Gasteiger partial charge in [-0.25, -0.2) is 0 Å². The molecule has 0 spiro atoms. The first kappa shape index (κ1) is 30.2.